The Labute approximate surface area is 309 Å². The Kier molecular flexibility index (Phi) is 5.45. The number of furan rings is 1. The summed E-state index contributed by atoms with van der Waals surface area (Å²) in [5, 5.41) is 5.38. The minimum atomic E-state index is -1.98. The molecule has 5 aliphatic carbocycles. The number of rotatable bonds is 2. The van der Waals surface area contributed by atoms with Crippen LogP contribution in [0.4, 0.5) is 0 Å². The first-order chi connectivity index (χ1) is 26.0. The highest BCUT2D eigenvalue weighted by Gasteiger charge is 2.62. The molecule has 0 atom stereocenters. The van der Waals surface area contributed by atoms with E-state index in [1.807, 2.05) is 24.3 Å². The summed E-state index contributed by atoms with van der Waals surface area (Å²) in [7, 11) is -1.98. The van der Waals surface area contributed by atoms with Crippen molar-refractivity contribution >= 4 is 51.5 Å². The van der Waals surface area contributed by atoms with Gasteiger partial charge in [-0.2, -0.15) is 0 Å². The van der Waals surface area contributed by atoms with Crippen LogP contribution < -0.4 is 10.4 Å². The smallest absolute Gasteiger partial charge is 0.227 e. The number of oxazole rings is 1. The maximum absolute atomic E-state index is 6.44. The largest absolute Gasteiger partial charge is 0.456 e. The third-order valence-electron chi connectivity index (χ3n) is 14.7. The van der Waals surface area contributed by atoms with Gasteiger partial charge in [-0.3, -0.25) is 0 Å². The molecule has 4 heteroatoms. The lowest BCUT2D eigenvalue weighted by molar-refractivity contribution is -0.0399. The second kappa shape index (κ2) is 9.86. The first-order valence-electron chi connectivity index (χ1n) is 19.7. The second-order valence-corrected chi connectivity index (χ2v) is 21.8. The van der Waals surface area contributed by atoms with Gasteiger partial charge in [0.05, 0.1) is 0 Å². The van der Waals surface area contributed by atoms with Crippen molar-refractivity contribution in [1.82, 2.24) is 4.98 Å². The maximum Gasteiger partial charge on any atom is 0.227 e. The van der Waals surface area contributed by atoms with Crippen LogP contribution in [0.3, 0.4) is 0 Å². The Morgan fingerprint density at radius 3 is 2.02 bits per heavy atom. The number of fused-ring (bicyclic) bond motifs is 11. The molecule has 6 aliphatic rings. The van der Waals surface area contributed by atoms with E-state index in [2.05, 4.69) is 104 Å². The van der Waals surface area contributed by atoms with Crippen LogP contribution in [0.2, 0.25) is 13.1 Å². The van der Waals surface area contributed by atoms with E-state index in [1.54, 1.807) is 32.6 Å². The van der Waals surface area contributed by atoms with Crippen LogP contribution >= 0.6 is 0 Å². The van der Waals surface area contributed by atoms with Crippen LogP contribution in [-0.4, -0.2) is 13.1 Å². The van der Waals surface area contributed by atoms with Gasteiger partial charge in [0.15, 0.2) is 5.58 Å². The number of benzene rings is 6. The molecule has 0 N–H and O–H groups in total. The number of nitrogens with zero attached hydrogens (tertiary/aromatic N) is 1. The summed E-state index contributed by atoms with van der Waals surface area (Å²) in [6.07, 6.45) is 7.12. The molecule has 8 aromatic rings. The van der Waals surface area contributed by atoms with Crippen LogP contribution in [0.25, 0.3) is 77.9 Å². The molecule has 6 aromatic carbocycles. The Morgan fingerprint density at radius 1 is 0.547 bits per heavy atom. The predicted molar refractivity (Wildman–Crippen MR) is 218 cm³/mol. The SMILES string of the molecule is C[Si]1(C)c2cccc(-c3ccc4oc5ccc(-c6nc7ccccc7o6)cc5c4c3)c2-c2c1ccc1c2-c2ccccc2C12C1CC3CC(C1)CC2C3. The molecule has 3 heterocycles. The fraction of sp³-hybridized carbons (Fsp3) is 0.245. The lowest BCUT2D eigenvalue weighted by Crippen LogP contribution is -2.55. The molecule has 14 rings (SSSR count). The van der Waals surface area contributed by atoms with E-state index in [9.17, 15) is 0 Å². The van der Waals surface area contributed by atoms with Crippen molar-refractivity contribution in [3.8, 4) is 44.8 Å². The zero-order chi connectivity index (χ0) is 34.8. The maximum atomic E-state index is 6.44. The molecule has 4 bridgehead atoms. The number of hydrogen-bond acceptors (Lipinski definition) is 3. The van der Waals surface area contributed by atoms with E-state index >= 15 is 0 Å². The van der Waals surface area contributed by atoms with Crippen molar-refractivity contribution in [2.75, 3.05) is 0 Å². The molecule has 0 radical (unpaired) electrons. The molecule has 4 fully saturated rings. The molecule has 0 amide bonds. The normalized spacial score (nSPS) is 25.4. The van der Waals surface area contributed by atoms with E-state index in [-0.39, 0.29) is 5.41 Å². The summed E-state index contributed by atoms with van der Waals surface area (Å²) < 4.78 is 12.6. The standard InChI is InChI=1S/C49H39NO2Si/c1-53(2)43-13-7-9-33(29-14-17-40-35(25-29)36-26-30(15-18-41(36)51-40)48-50-39-11-5-6-12-42(39)52-48)46(43)47-44(53)19-16-38-45(47)34-8-3-4-10-37(34)49(38)31-21-27-20-28(23-31)24-32(49)22-27/h3-19,25-28,31-32H,20-24H2,1-2H3. The third-order valence-corrected chi connectivity index (χ3v) is 18.2. The monoisotopic (exact) mass is 701 g/mol. The number of hydrogen-bond donors (Lipinski definition) is 0. The number of aromatic nitrogens is 1. The number of para-hydroxylation sites is 2. The van der Waals surface area contributed by atoms with Crippen molar-refractivity contribution in [2.24, 2.45) is 23.7 Å². The summed E-state index contributed by atoms with van der Waals surface area (Å²) in [6.45, 7) is 5.15. The average Bonchev–Trinajstić information content (AvgIpc) is 3.91. The van der Waals surface area contributed by atoms with Crippen LogP contribution in [-0.2, 0) is 5.41 Å². The molecule has 4 saturated carbocycles. The summed E-state index contributed by atoms with van der Waals surface area (Å²) in [4.78, 5) is 4.80. The minimum absolute atomic E-state index is 0.165. The first-order valence-corrected chi connectivity index (χ1v) is 22.7. The van der Waals surface area contributed by atoms with Crippen molar-refractivity contribution in [3.63, 3.8) is 0 Å². The van der Waals surface area contributed by atoms with E-state index < -0.39 is 8.07 Å². The minimum Gasteiger partial charge on any atom is -0.456 e. The summed E-state index contributed by atoms with van der Waals surface area (Å²) in [5.74, 6) is 4.03. The molecular formula is C49H39NO2Si. The van der Waals surface area contributed by atoms with E-state index in [4.69, 9.17) is 13.8 Å². The van der Waals surface area contributed by atoms with Crippen LogP contribution in [0.1, 0.15) is 43.2 Å². The molecule has 3 nitrogen and oxygen atoms in total. The van der Waals surface area contributed by atoms with E-state index in [0.717, 1.165) is 62.3 Å². The highest BCUT2D eigenvalue weighted by Crippen LogP contribution is 2.70. The van der Waals surface area contributed by atoms with Gasteiger partial charge < -0.3 is 8.83 Å². The quantitative estimate of drug-likeness (QED) is 0.168. The first kappa shape index (κ1) is 29.3. The molecule has 1 aliphatic heterocycles. The van der Waals surface area contributed by atoms with Crippen LogP contribution in [0.15, 0.2) is 124 Å². The van der Waals surface area contributed by atoms with Crippen molar-refractivity contribution in [3.05, 3.63) is 126 Å². The van der Waals surface area contributed by atoms with Crippen molar-refractivity contribution in [1.29, 1.82) is 0 Å². The van der Waals surface area contributed by atoms with Crippen LogP contribution in [0.5, 0.6) is 0 Å². The van der Waals surface area contributed by atoms with Gasteiger partial charge >= 0.3 is 0 Å². The molecule has 53 heavy (non-hydrogen) atoms. The van der Waals surface area contributed by atoms with E-state index in [0.29, 0.717) is 5.89 Å². The molecule has 0 unspecified atom stereocenters. The topological polar surface area (TPSA) is 39.2 Å². The van der Waals surface area contributed by atoms with Gasteiger partial charge in [-0.05, 0) is 153 Å². The van der Waals surface area contributed by atoms with Gasteiger partial charge in [0, 0.05) is 21.8 Å². The van der Waals surface area contributed by atoms with Crippen molar-refractivity contribution < 1.29 is 8.83 Å². The molecular weight excluding hydrogens is 663 g/mol. The predicted octanol–water partition coefficient (Wildman–Crippen LogP) is 11.6. The third kappa shape index (κ3) is 3.59. The lowest BCUT2D eigenvalue weighted by atomic mass is 9.43. The highest BCUT2D eigenvalue weighted by atomic mass is 28.3. The van der Waals surface area contributed by atoms with Gasteiger partial charge in [-0.25, -0.2) is 4.98 Å². The Morgan fingerprint density at radius 2 is 1.23 bits per heavy atom. The Hall–Kier alpha value is -5.19. The highest BCUT2D eigenvalue weighted by molar-refractivity contribution is 7.04. The van der Waals surface area contributed by atoms with Crippen LogP contribution in [0, 0.1) is 23.7 Å². The second-order valence-electron chi connectivity index (χ2n) is 17.5. The molecule has 0 saturated heterocycles. The van der Waals surface area contributed by atoms with Crippen molar-refractivity contribution in [2.45, 2.75) is 50.6 Å². The average molecular weight is 702 g/mol. The van der Waals surface area contributed by atoms with Gasteiger partial charge in [-0.15, -0.1) is 0 Å². The molecule has 1 spiro atoms. The zero-order valence-corrected chi connectivity index (χ0v) is 31.1. The Bertz CT molecular complexity index is 2850. The van der Waals surface area contributed by atoms with Gasteiger partial charge in [0.2, 0.25) is 5.89 Å². The lowest BCUT2D eigenvalue weighted by Gasteiger charge is -2.61. The molecule has 256 valence electrons. The fourth-order valence-corrected chi connectivity index (χ4v) is 15.9. The molecule has 2 aromatic heterocycles. The summed E-state index contributed by atoms with van der Waals surface area (Å²) >= 11 is 0. The van der Waals surface area contributed by atoms with Gasteiger partial charge in [0.1, 0.15) is 24.8 Å². The summed E-state index contributed by atoms with van der Waals surface area (Å²) in [6, 6.07) is 43.1. The van der Waals surface area contributed by atoms with Gasteiger partial charge in [0.25, 0.3) is 0 Å². The zero-order valence-electron chi connectivity index (χ0n) is 30.1. The van der Waals surface area contributed by atoms with Gasteiger partial charge in [-0.1, -0.05) is 85.9 Å². The van der Waals surface area contributed by atoms with E-state index in [1.165, 1.54) is 54.4 Å². The Balaban J connectivity index is 1.03. The fourth-order valence-electron chi connectivity index (χ4n) is 12.8. The summed E-state index contributed by atoms with van der Waals surface area (Å²) in [5.41, 5.74) is 16.6.